The third-order valence-electron chi connectivity index (χ3n) is 1.82. The molecule has 0 saturated carbocycles. The van der Waals surface area contributed by atoms with Crippen molar-refractivity contribution in [3.8, 4) is 0 Å². The zero-order chi connectivity index (χ0) is 11.3. The summed E-state index contributed by atoms with van der Waals surface area (Å²) in [5.74, 6) is -13.8. The van der Waals surface area contributed by atoms with Crippen LogP contribution in [0.15, 0.2) is 22.3 Å². The Labute approximate surface area is 79.8 Å². The van der Waals surface area contributed by atoms with Crippen molar-refractivity contribution >= 4 is 11.6 Å². The monoisotopic (exact) mass is 236 g/mol. The van der Waals surface area contributed by atoms with Gasteiger partial charge in [0.2, 0.25) is 0 Å². The van der Waals surface area contributed by atoms with Gasteiger partial charge in [-0.15, -0.1) is 0 Å². The maximum atomic E-state index is 12.7. The van der Waals surface area contributed by atoms with Crippen LogP contribution >= 0.6 is 11.6 Å². The maximum absolute atomic E-state index is 12.7. The molecule has 14 heavy (non-hydrogen) atoms. The first-order chi connectivity index (χ1) is 6.13. The highest BCUT2D eigenvalue weighted by Crippen LogP contribution is 2.51. The fourth-order valence-corrected chi connectivity index (χ4v) is 1.11. The van der Waals surface area contributed by atoms with E-state index in [1.54, 1.807) is 0 Å². The first-order valence-electron chi connectivity index (χ1n) is 3.32. The first-order valence-corrected chi connectivity index (χ1v) is 3.70. The smallest absolute Gasteiger partial charge is 0.204 e. The summed E-state index contributed by atoms with van der Waals surface area (Å²) in [6.07, 6.45) is 0. The van der Waals surface area contributed by atoms with E-state index in [1.807, 2.05) is 0 Å². The lowest BCUT2D eigenvalue weighted by molar-refractivity contribution is 0.00395. The van der Waals surface area contributed by atoms with Gasteiger partial charge in [-0.3, -0.25) is 0 Å². The van der Waals surface area contributed by atoms with E-state index >= 15 is 0 Å². The number of rotatable bonds is 0. The molecule has 0 spiro atoms. The summed E-state index contributed by atoms with van der Waals surface area (Å²) in [4.78, 5) is 0. The number of halogens is 7. The predicted octanol–water partition coefficient (Wildman–Crippen LogP) is 3.93. The fraction of sp³-hybridized carbons (Fsp3) is 0.429. The molecule has 7 heteroatoms. The van der Waals surface area contributed by atoms with Crippen LogP contribution < -0.4 is 0 Å². The van der Waals surface area contributed by atoms with Gasteiger partial charge in [0.1, 0.15) is 5.03 Å². The minimum atomic E-state index is -4.50. The molecule has 0 aromatic heterocycles. The standard InChI is InChI=1S/C7H3ClF6/c1-2-4(9)7(13,14)3(8)5(10)6(2,11)12/h1H3. The van der Waals surface area contributed by atoms with Crippen molar-refractivity contribution in [3.05, 3.63) is 22.3 Å². The summed E-state index contributed by atoms with van der Waals surface area (Å²) in [6, 6.07) is 0. The van der Waals surface area contributed by atoms with E-state index in [2.05, 4.69) is 11.6 Å². The minimum Gasteiger partial charge on any atom is -0.204 e. The molecule has 0 bridgehead atoms. The Morgan fingerprint density at radius 1 is 0.929 bits per heavy atom. The van der Waals surface area contributed by atoms with Gasteiger partial charge in [-0.25, -0.2) is 8.78 Å². The molecule has 0 aromatic rings. The molecule has 0 heterocycles. The second-order valence-electron chi connectivity index (χ2n) is 2.72. The topological polar surface area (TPSA) is 0 Å². The summed E-state index contributed by atoms with van der Waals surface area (Å²) < 4.78 is 75.9. The van der Waals surface area contributed by atoms with Crippen LogP contribution in [0, 0.1) is 0 Å². The third kappa shape index (κ3) is 1.24. The Kier molecular flexibility index (Phi) is 2.38. The largest absolute Gasteiger partial charge is 0.337 e. The van der Waals surface area contributed by atoms with E-state index in [1.165, 1.54) is 0 Å². The van der Waals surface area contributed by atoms with Gasteiger partial charge >= 0.3 is 11.8 Å². The molecule has 0 saturated heterocycles. The van der Waals surface area contributed by atoms with Gasteiger partial charge in [-0.05, 0) is 6.92 Å². The lowest BCUT2D eigenvalue weighted by atomic mass is 9.98. The molecule has 0 amide bonds. The first kappa shape index (κ1) is 11.4. The van der Waals surface area contributed by atoms with E-state index in [0.717, 1.165) is 0 Å². The number of allylic oxidation sites excluding steroid dienone is 4. The predicted molar refractivity (Wildman–Crippen MR) is 37.7 cm³/mol. The Bertz CT molecular complexity index is 278. The average Bonchev–Trinajstić information content (AvgIpc) is 2.11. The molecule has 0 aromatic carbocycles. The lowest BCUT2D eigenvalue weighted by Crippen LogP contribution is -2.34. The van der Waals surface area contributed by atoms with Gasteiger partial charge in [0.25, 0.3) is 0 Å². The zero-order valence-corrected chi connectivity index (χ0v) is 7.40. The van der Waals surface area contributed by atoms with Crippen molar-refractivity contribution in [2.24, 2.45) is 0 Å². The van der Waals surface area contributed by atoms with Gasteiger partial charge < -0.3 is 0 Å². The van der Waals surface area contributed by atoms with Crippen molar-refractivity contribution in [1.82, 2.24) is 0 Å². The van der Waals surface area contributed by atoms with Crippen molar-refractivity contribution < 1.29 is 26.3 Å². The second kappa shape index (κ2) is 2.92. The van der Waals surface area contributed by atoms with E-state index in [4.69, 9.17) is 0 Å². The number of alkyl halides is 4. The van der Waals surface area contributed by atoms with E-state index in [0.29, 0.717) is 6.92 Å². The maximum Gasteiger partial charge on any atom is 0.337 e. The molecule has 1 aliphatic carbocycles. The molecule has 0 nitrogen and oxygen atoms in total. The van der Waals surface area contributed by atoms with E-state index in [-0.39, 0.29) is 0 Å². The molecule has 0 radical (unpaired) electrons. The van der Waals surface area contributed by atoms with E-state index in [9.17, 15) is 26.3 Å². The molecule has 0 aliphatic heterocycles. The van der Waals surface area contributed by atoms with Gasteiger partial charge in [0.05, 0.1) is 0 Å². The Morgan fingerprint density at radius 2 is 1.36 bits per heavy atom. The lowest BCUT2D eigenvalue weighted by Gasteiger charge is -2.26. The molecular formula is C7H3ClF6. The van der Waals surface area contributed by atoms with Gasteiger partial charge in [-0.2, -0.15) is 17.6 Å². The molecule has 0 fully saturated rings. The summed E-state index contributed by atoms with van der Waals surface area (Å²) >= 11 is 4.60. The van der Waals surface area contributed by atoms with Crippen LogP contribution in [0.3, 0.4) is 0 Å². The molecular weight excluding hydrogens is 234 g/mol. The van der Waals surface area contributed by atoms with Crippen molar-refractivity contribution in [2.45, 2.75) is 18.8 Å². The van der Waals surface area contributed by atoms with Crippen LogP contribution in [0.5, 0.6) is 0 Å². The zero-order valence-electron chi connectivity index (χ0n) is 6.65. The van der Waals surface area contributed by atoms with E-state index < -0.39 is 34.1 Å². The highest BCUT2D eigenvalue weighted by molar-refractivity contribution is 6.31. The van der Waals surface area contributed by atoms with Gasteiger partial charge in [0.15, 0.2) is 11.7 Å². The van der Waals surface area contributed by atoms with Crippen LogP contribution in [-0.2, 0) is 0 Å². The van der Waals surface area contributed by atoms with Gasteiger partial charge in [0, 0.05) is 5.57 Å². The highest BCUT2D eigenvalue weighted by Gasteiger charge is 2.56. The third-order valence-corrected chi connectivity index (χ3v) is 2.22. The molecule has 1 rings (SSSR count). The van der Waals surface area contributed by atoms with Crippen LogP contribution in [0.25, 0.3) is 0 Å². The number of hydrogen-bond acceptors (Lipinski definition) is 0. The van der Waals surface area contributed by atoms with Crippen molar-refractivity contribution in [3.63, 3.8) is 0 Å². The summed E-state index contributed by atoms with van der Waals surface area (Å²) in [6.45, 7) is 0.381. The Balaban J connectivity index is 3.46. The molecule has 0 N–H and O–H groups in total. The Morgan fingerprint density at radius 3 is 1.79 bits per heavy atom. The van der Waals surface area contributed by atoms with Crippen LogP contribution in [0.1, 0.15) is 6.92 Å². The van der Waals surface area contributed by atoms with Crippen LogP contribution in [0.2, 0.25) is 0 Å². The molecule has 1 aliphatic rings. The average molecular weight is 237 g/mol. The van der Waals surface area contributed by atoms with Crippen molar-refractivity contribution in [2.75, 3.05) is 0 Å². The summed E-state index contributed by atoms with van der Waals surface area (Å²) in [5.41, 5.74) is -1.66. The molecule has 0 atom stereocenters. The van der Waals surface area contributed by atoms with Gasteiger partial charge in [-0.1, -0.05) is 11.6 Å². The number of hydrogen-bond donors (Lipinski definition) is 0. The van der Waals surface area contributed by atoms with Crippen molar-refractivity contribution in [1.29, 1.82) is 0 Å². The molecule has 0 unspecified atom stereocenters. The fourth-order valence-electron chi connectivity index (χ4n) is 0.910. The summed E-state index contributed by atoms with van der Waals surface area (Å²) in [7, 11) is 0. The highest BCUT2D eigenvalue weighted by atomic mass is 35.5. The van der Waals surface area contributed by atoms with Crippen LogP contribution in [-0.4, -0.2) is 11.8 Å². The Hall–Kier alpha value is -0.650. The van der Waals surface area contributed by atoms with Crippen LogP contribution in [0.4, 0.5) is 26.3 Å². The quantitative estimate of drug-likeness (QED) is 0.559. The minimum absolute atomic E-state index is 0.381. The SMILES string of the molecule is CC1=C(F)C(F)(F)C(Cl)=C(F)C1(F)F. The normalized spacial score (nSPS) is 25.7. The summed E-state index contributed by atoms with van der Waals surface area (Å²) in [5, 5.41) is -2.11. The second-order valence-corrected chi connectivity index (χ2v) is 3.09. The molecule has 80 valence electrons.